The molecule has 1 aromatic heterocycles. The number of rotatable bonds is 7. The molecule has 2 aromatic rings. The molecule has 0 aliphatic heterocycles. The highest BCUT2D eigenvalue weighted by atomic mass is 16.5. The summed E-state index contributed by atoms with van der Waals surface area (Å²) in [6.07, 6.45) is 8.10. The molecule has 1 aliphatic carbocycles. The average molecular weight is 370 g/mol. The topological polar surface area (TPSA) is 71.2 Å². The van der Waals surface area contributed by atoms with E-state index in [1.54, 1.807) is 13.2 Å². The van der Waals surface area contributed by atoms with Crippen molar-refractivity contribution in [3.05, 3.63) is 40.2 Å². The molecule has 5 nitrogen and oxygen atoms in total. The second-order valence-electron chi connectivity index (χ2n) is 7.70. The molecule has 146 valence electrons. The van der Waals surface area contributed by atoms with E-state index in [1.165, 1.54) is 19.3 Å². The van der Waals surface area contributed by atoms with Crippen LogP contribution in [0.3, 0.4) is 0 Å². The Kier molecular flexibility index (Phi) is 6.67. The number of carbonyl (C=O) groups excluding carboxylic acids is 1. The highest BCUT2D eigenvalue weighted by molar-refractivity contribution is 5.95. The zero-order chi connectivity index (χ0) is 19.2. The SMILES string of the molecule is CCCCC1CCC(C(=O)Nc2ccc3c(COC)cc(=O)[nH]c3c2)CC1. The van der Waals surface area contributed by atoms with Crippen molar-refractivity contribution in [1.29, 1.82) is 0 Å². The van der Waals surface area contributed by atoms with Gasteiger partial charge in [-0.15, -0.1) is 0 Å². The van der Waals surface area contributed by atoms with Gasteiger partial charge in [0.2, 0.25) is 11.5 Å². The summed E-state index contributed by atoms with van der Waals surface area (Å²) in [4.78, 5) is 27.4. The van der Waals surface area contributed by atoms with Gasteiger partial charge in [-0.25, -0.2) is 0 Å². The van der Waals surface area contributed by atoms with Gasteiger partial charge in [0, 0.05) is 30.2 Å². The fourth-order valence-corrected chi connectivity index (χ4v) is 4.14. The molecule has 1 saturated carbocycles. The van der Waals surface area contributed by atoms with E-state index >= 15 is 0 Å². The molecular formula is C22H30N2O3. The summed E-state index contributed by atoms with van der Waals surface area (Å²) in [7, 11) is 1.61. The summed E-state index contributed by atoms with van der Waals surface area (Å²) in [5.74, 6) is 0.982. The number of carbonyl (C=O) groups is 1. The molecular weight excluding hydrogens is 340 g/mol. The van der Waals surface area contributed by atoms with E-state index in [4.69, 9.17) is 4.74 Å². The van der Waals surface area contributed by atoms with E-state index in [2.05, 4.69) is 17.2 Å². The third kappa shape index (κ3) is 4.98. The van der Waals surface area contributed by atoms with E-state index < -0.39 is 0 Å². The highest BCUT2D eigenvalue weighted by Gasteiger charge is 2.26. The molecule has 0 spiro atoms. The average Bonchev–Trinajstić information content (AvgIpc) is 2.66. The van der Waals surface area contributed by atoms with Gasteiger partial charge in [-0.05, 0) is 49.3 Å². The van der Waals surface area contributed by atoms with Crippen molar-refractivity contribution < 1.29 is 9.53 Å². The molecule has 0 saturated heterocycles. The van der Waals surface area contributed by atoms with Gasteiger partial charge in [0.1, 0.15) is 0 Å². The quantitative estimate of drug-likeness (QED) is 0.748. The molecule has 0 unspecified atom stereocenters. The molecule has 1 heterocycles. The van der Waals surface area contributed by atoms with Gasteiger partial charge in [-0.1, -0.05) is 32.3 Å². The number of aromatic nitrogens is 1. The van der Waals surface area contributed by atoms with Crippen molar-refractivity contribution in [1.82, 2.24) is 4.98 Å². The Hall–Kier alpha value is -2.14. The Morgan fingerprint density at radius 3 is 2.70 bits per heavy atom. The third-order valence-electron chi connectivity index (χ3n) is 5.68. The largest absolute Gasteiger partial charge is 0.380 e. The van der Waals surface area contributed by atoms with Gasteiger partial charge in [0.05, 0.1) is 12.1 Å². The van der Waals surface area contributed by atoms with Gasteiger partial charge in [-0.3, -0.25) is 9.59 Å². The number of unbranched alkanes of at least 4 members (excludes halogenated alkanes) is 1. The third-order valence-corrected chi connectivity index (χ3v) is 5.68. The lowest BCUT2D eigenvalue weighted by atomic mass is 9.79. The fourth-order valence-electron chi connectivity index (χ4n) is 4.14. The number of pyridine rings is 1. The molecule has 1 amide bonds. The number of hydrogen-bond acceptors (Lipinski definition) is 3. The molecule has 3 rings (SSSR count). The normalized spacial score (nSPS) is 19.9. The number of amides is 1. The first-order valence-corrected chi connectivity index (χ1v) is 10.1. The van der Waals surface area contributed by atoms with E-state index in [-0.39, 0.29) is 17.4 Å². The molecule has 5 heteroatoms. The Labute approximate surface area is 160 Å². The van der Waals surface area contributed by atoms with Gasteiger partial charge >= 0.3 is 0 Å². The van der Waals surface area contributed by atoms with Crippen LogP contribution in [0.4, 0.5) is 5.69 Å². The minimum Gasteiger partial charge on any atom is -0.380 e. The Morgan fingerprint density at radius 1 is 1.22 bits per heavy atom. The summed E-state index contributed by atoms with van der Waals surface area (Å²) < 4.78 is 5.18. The van der Waals surface area contributed by atoms with E-state index in [9.17, 15) is 9.59 Å². The standard InChI is InChI=1S/C22H30N2O3/c1-3-4-5-15-6-8-16(9-7-15)22(26)23-18-10-11-19-17(14-27-2)12-21(25)24-20(19)13-18/h10-13,15-16H,3-9,14H2,1-2H3,(H,23,26)(H,24,25). The Morgan fingerprint density at radius 2 is 2.00 bits per heavy atom. The summed E-state index contributed by atoms with van der Waals surface area (Å²) in [6.45, 7) is 2.61. The van der Waals surface area contributed by atoms with Crippen molar-refractivity contribution >= 4 is 22.5 Å². The Balaban J connectivity index is 1.66. The first-order chi connectivity index (χ1) is 13.1. The van der Waals surface area contributed by atoms with Gasteiger partial charge in [0.15, 0.2) is 0 Å². The summed E-state index contributed by atoms with van der Waals surface area (Å²) in [5.41, 5.74) is 2.13. The first kappa shape index (κ1) is 19.6. The second-order valence-corrected chi connectivity index (χ2v) is 7.70. The molecule has 0 atom stereocenters. The lowest BCUT2D eigenvalue weighted by Gasteiger charge is -2.27. The minimum absolute atomic E-state index is 0.0949. The predicted molar refractivity (Wildman–Crippen MR) is 109 cm³/mol. The summed E-state index contributed by atoms with van der Waals surface area (Å²) in [6, 6.07) is 7.21. The maximum Gasteiger partial charge on any atom is 0.248 e. The van der Waals surface area contributed by atoms with Crippen molar-refractivity contribution in [2.75, 3.05) is 12.4 Å². The van der Waals surface area contributed by atoms with Crippen molar-refractivity contribution in [2.45, 2.75) is 58.5 Å². The zero-order valence-corrected chi connectivity index (χ0v) is 16.3. The van der Waals surface area contributed by atoms with E-state index in [0.29, 0.717) is 6.61 Å². The summed E-state index contributed by atoms with van der Waals surface area (Å²) >= 11 is 0. The monoisotopic (exact) mass is 370 g/mol. The molecule has 0 radical (unpaired) electrons. The van der Waals surface area contributed by atoms with Crippen LogP contribution in [-0.2, 0) is 16.1 Å². The number of ether oxygens (including phenoxy) is 1. The van der Waals surface area contributed by atoms with Crippen LogP contribution in [-0.4, -0.2) is 18.0 Å². The maximum absolute atomic E-state index is 12.7. The van der Waals surface area contributed by atoms with Crippen molar-refractivity contribution in [2.24, 2.45) is 11.8 Å². The van der Waals surface area contributed by atoms with Crippen LogP contribution in [0, 0.1) is 11.8 Å². The number of anilines is 1. The van der Waals surface area contributed by atoms with Crippen LogP contribution in [0.2, 0.25) is 0 Å². The molecule has 1 fully saturated rings. The van der Waals surface area contributed by atoms with E-state index in [0.717, 1.165) is 53.8 Å². The number of benzene rings is 1. The number of nitrogens with one attached hydrogen (secondary N) is 2. The number of fused-ring (bicyclic) bond motifs is 1. The summed E-state index contributed by atoms with van der Waals surface area (Å²) in [5, 5.41) is 3.98. The van der Waals surface area contributed by atoms with Crippen LogP contribution in [0.5, 0.6) is 0 Å². The smallest absolute Gasteiger partial charge is 0.248 e. The fraction of sp³-hybridized carbons (Fsp3) is 0.545. The zero-order valence-electron chi connectivity index (χ0n) is 16.3. The number of hydrogen-bond donors (Lipinski definition) is 2. The van der Waals surface area contributed by atoms with Gasteiger partial charge < -0.3 is 15.0 Å². The minimum atomic E-state index is -0.163. The first-order valence-electron chi connectivity index (χ1n) is 10.1. The van der Waals surface area contributed by atoms with Crippen LogP contribution >= 0.6 is 0 Å². The number of methoxy groups -OCH3 is 1. The van der Waals surface area contributed by atoms with Crippen LogP contribution in [0.1, 0.15) is 57.4 Å². The Bertz CT molecular complexity index is 835. The molecule has 27 heavy (non-hydrogen) atoms. The molecule has 1 aliphatic rings. The van der Waals surface area contributed by atoms with Crippen molar-refractivity contribution in [3.63, 3.8) is 0 Å². The predicted octanol–water partition coefficient (Wildman–Crippen LogP) is 4.61. The second kappa shape index (κ2) is 9.18. The molecule has 0 bridgehead atoms. The van der Waals surface area contributed by atoms with Gasteiger partial charge in [0.25, 0.3) is 0 Å². The highest BCUT2D eigenvalue weighted by Crippen LogP contribution is 2.32. The van der Waals surface area contributed by atoms with E-state index in [1.807, 2.05) is 18.2 Å². The molecule has 1 aromatic carbocycles. The van der Waals surface area contributed by atoms with Crippen LogP contribution < -0.4 is 10.9 Å². The number of H-pyrrole nitrogens is 1. The van der Waals surface area contributed by atoms with Gasteiger partial charge in [-0.2, -0.15) is 0 Å². The lowest BCUT2D eigenvalue weighted by Crippen LogP contribution is -2.27. The van der Waals surface area contributed by atoms with Crippen molar-refractivity contribution in [3.8, 4) is 0 Å². The number of aromatic amines is 1. The lowest BCUT2D eigenvalue weighted by molar-refractivity contribution is -0.121. The molecule has 2 N–H and O–H groups in total. The van der Waals surface area contributed by atoms with Crippen LogP contribution in [0.25, 0.3) is 10.9 Å². The van der Waals surface area contributed by atoms with Crippen LogP contribution in [0.15, 0.2) is 29.1 Å². The maximum atomic E-state index is 12.7.